The number of aliphatic carboxylic acids is 2. The SMILES string of the molecule is Cl.Cl.Cl.Cl.NC(CCCC(B(O)O)C(CCCB(O)O)C(N)(C(=O)O)C1CC(NCc2ccc(-c3ccccc3)cc2)C1)(C(=O)O)C1CC(NCc2ccc(-c3ccccc3)cc2)C1. The molecule has 0 aliphatic heterocycles. The van der Waals surface area contributed by atoms with E-state index in [4.69, 9.17) is 11.5 Å². The highest BCUT2D eigenvalue weighted by atomic mass is 35.5. The Morgan fingerprint density at radius 3 is 1.41 bits per heavy atom. The second-order valence-electron chi connectivity index (χ2n) is 17.2. The molecule has 4 aromatic carbocycles. The molecule has 0 spiro atoms. The zero-order valence-corrected chi connectivity index (χ0v) is 39.0. The molecule has 2 fully saturated rings. The quantitative estimate of drug-likeness (QED) is 0.0355. The van der Waals surface area contributed by atoms with Crippen molar-refractivity contribution in [1.82, 2.24) is 10.6 Å². The van der Waals surface area contributed by atoms with Gasteiger partial charge in [-0.1, -0.05) is 128 Å². The van der Waals surface area contributed by atoms with Gasteiger partial charge in [-0.2, -0.15) is 0 Å². The average molecular weight is 964 g/mol. The number of hydrogen-bond acceptors (Lipinski definition) is 10. The van der Waals surface area contributed by atoms with E-state index < -0.39 is 54.9 Å². The maximum Gasteiger partial charge on any atom is 0.455 e. The van der Waals surface area contributed by atoms with E-state index in [1.165, 1.54) is 0 Å². The number of carbonyl (C=O) groups is 2. The molecule has 350 valence electrons. The zero-order chi connectivity index (χ0) is 42.9. The summed E-state index contributed by atoms with van der Waals surface area (Å²) in [5.74, 6) is -5.17. The molecule has 2 aliphatic carbocycles. The molecule has 2 aliphatic rings. The predicted octanol–water partition coefficient (Wildman–Crippen LogP) is 6.59. The van der Waals surface area contributed by atoms with Crippen LogP contribution in [0.15, 0.2) is 109 Å². The second-order valence-corrected chi connectivity index (χ2v) is 17.2. The third-order valence-corrected chi connectivity index (χ3v) is 13.4. The lowest BCUT2D eigenvalue weighted by Gasteiger charge is -2.50. The average Bonchev–Trinajstić information content (AvgIpc) is 3.21. The van der Waals surface area contributed by atoms with Gasteiger partial charge in [0.1, 0.15) is 11.1 Å². The zero-order valence-electron chi connectivity index (χ0n) is 35.8. The Morgan fingerprint density at radius 1 is 0.594 bits per heavy atom. The third kappa shape index (κ3) is 14.2. The monoisotopic (exact) mass is 962 g/mol. The smallest absolute Gasteiger partial charge is 0.455 e. The van der Waals surface area contributed by atoms with Crippen LogP contribution >= 0.6 is 49.6 Å². The number of carboxylic acids is 2. The summed E-state index contributed by atoms with van der Waals surface area (Å²) >= 11 is 0. The summed E-state index contributed by atoms with van der Waals surface area (Å²) in [6.45, 7) is 1.21. The van der Waals surface area contributed by atoms with Crippen LogP contribution in [-0.4, -0.2) is 79.6 Å². The Balaban J connectivity index is 0.00000352. The van der Waals surface area contributed by atoms with Gasteiger partial charge in [-0.25, -0.2) is 0 Å². The molecule has 2 saturated carbocycles. The molecular weight excluding hydrogens is 900 g/mol. The van der Waals surface area contributed by atoms with E-state index in [-0.39, 0.29) is 106 Å². The van der Waals surface area contributed by atoms with Crippen molar-refractivity contribution in [2.45, 2.75) is 106 Å². The molecule has 0 bridgehead atoms. The van der Waals surface area contributed by atoms with Crippen molar-refractivity contribution in [3.63, 3.8) is 0 Å². The third-order valence-electron chi connectivity index (χ3n) is 13.4. The molecule has 0 saturated heterocycles. The van der Waals surface area contributed by atoms with Crippen molar-refractivity contribution in [1.29, 1.82) is 0 Å². The van der Waals surface area contributed by atoms with Crippen LogP contribution in [0.1, 0.15) is 68.9 Å². The van der Waals surface area contributed by atoms with Crippen molar-refractivity contribution in [2.75, 3.05) is 0 Å². The number of rotatable bonds is 23. The van der Waals surface area contributed by atoms with Crippen LogP contribution in [0.5, 0.6) is 0 Å². The van der Waals surface area contributed by atoms with Gasteiger partial charge >= 0.3 is 26.2 Å². The number of hydrogen-bond donors (Lipinski definition) is 10. The Kier molecular flexibility index (Phi) is 23.3. The Hall–Kier alpha value is -3.21. The molecular formula is C46H64B2Cl4N4O8. The van der Waals surface area contributed by atoms with Gasteiger partial charge in [-0.3, -0.25) is 9.59 Å². The summed E-state index contributed by atoms with van der Waals surface area (Å²) in [7, 11) is -3.56. The van der Waals surface area contributed by atoms with Crippen LogP contribution < -0.4 is 22.1 Å². The number of halogens is 4. The highest BCUT2D eigenvalue weighted by Gasteiger charge is 2.56. The predicted molar refractivity (Wildman–Crippen MR) is 264 cm³/mol. The Bertz CT molecular complexity index is 1990. The first-order valence-corrected chi connectivity index (χ1v) is 21.3. The molecule has 0 heterocycles. The molecule has 4 unspecified atom stereocenters. The minimum atomic E-state index is -1.94. The van der Waals surface area contributed by atoms with Crippen LogP contribution in [0.3, 0.4) is 0 Å². The Labute approximate surface area is 402 Å². The molecule has 4 aromatic rings. The van der Waals surface area contributed by atoms with Crippen molar-refractivity contribution >= 4 is 75.8 Å². The van der Waals surface area contributed by atoms with Crippen LogP contribution in [-0.2, 0) is 22.7 Å². The number of nitrogens with one attached hydrogen (secondary N) is 2. The first-order chi connectivity index (χ1) is 28.8. The van der Waals surface area contributed by atoms with E-state index >= 15 is 0 Å². The van der Waals surface area contributed by atoms with Gasteiger partial charge in [0.15, 0.2) is 0 Å². The molecule has 0 amide bonds. The van der Waals surface area contributed by atoms with Gasteiger partial charge in [0, 0.05) is 25.2 Å². The van der Waals surface area contributed by atoms with E-state index in [1.54, 1.807) is 0 Å². The normalized spacial score (nSPS) is 20.3. The van der Waals surface area contributed by atoms with E-state index in [1.807, 2.05) is 36.4 Å². The standard InChI is InChI=1S/C46H60B2N4O8.4ClH/c49-45(43(53)54,37-25-39(26-37)51-29-31-15-19-35(20-16-31)33-9-3-1-4-10-33)23-7-14-42(48(59)60)41(13-8-24-47(57)58)46(50,44(55)56)38-27-40(28-38)52-30-32-17-21-36(22-18-32)34-11-5-2-6-12-34;;;;/h1-6,9-12,15-22,37-42,51-52,57-60H,7-8,13-14,23-30,49-50H2,(H,53,54)(H,55,56);4*1H. The van der Waals surface area contributed by atoms with E-state index in [2.05, 4.69) is 83.4 Å². The van der Waals surface area contributed by atoms with Gasteiger partial charge in [0.2, 0.25) is 0 Å². The van der Waals surface area contributed by atoms with E-state index in [9.17, 15) is 39.9 Å². The maximum atomic E-state index is 13.2. The number of carboxylic acid groups (broad SMARTS) is 2. The molecule has 64 heavy (non-hydrogen) atoms. The fraction of sp³-hybridized carbons (Fsp3) is 0.435. The minimum absolute atomic E-state index is 0. The largest absolute Gasteiger partial charge is 0.480 e. The summed E-state index contributed by atoms with van der Waals surface area (Å²) in [4.78, 5) is 25.8. The number of benzene rings is 4. The molecule has 4 atom stereocenters. The van der Waals surface area contributed by atoms with E-state index in [0.29, 0.717) is 38.8 Å². The van der Waals surface area contributed by atoms with Crippen molar-refractivity contribution < 1.29 is 39.9 Å². The topological polar surface area (TPSA) is 232 Å². The van der Waals surface area contributed by atoms with Gasteiger partial charge in [-0.05, 0) is 102 Å². The first kappa shape index (κ1) is 56.9. The molecule has 0 aromatic heterocycles. The fourth-order valence-corrected chi connectivity index (χ4v) is 9.43. The van der Waals surface area contributed by atoms with Crippen LogP contribution in [0, 0.1) is 17.8 Å². The molecule has 0 radical (unpaired) electrons. The second kappa shape index (κ2) is 26.2. The molecule has 12 N–H and O–H groups in total. The van der Waals surface area contributed by atoms with E-state index in [0.717, 1.165) is 33.4 Å². The maximum absolute atomic E-state index is 13.2. The molecule has 6 rings (SSSR count). The summed E-state index contributed by atoms with van der Waals surface area (Å²) in [6, 6.07) is 36.9. The van der Waals surface area contributed by atoms with Gasteiger partial charge in [0.25, 0.3) is 0 Å². The van der Waals surface area contributed by atoms with Crippen LogP contribution in [0.25, 0.3) is 22.3 Å². The lowest BCUT2D eigenvalue weighted by molar-refractivity contribution is -0.151. The van der Waals surface area contributed by atoms with Gasteiger partial charge in [0.05, 0.1) is 0 Å². The molecule has 18 heteroatoms. The summed E-state index contributed by atoms with van der Waals surface area (Å²) in [5.41, 5.74) is 16.8. The number of nitrogens with two attached hydrogens (primary N) is 2. The Morgan fingerprint density at radius 2 is 1.02 bits per heavy atom. The minimum Gasteiger partial charge on any atom is -0.480 e. The summed E-state index contributed by atoms with van der Waals surface area (Å²) < 4.78 is 0. The molecule has 12 nitrogen and oxygen atoms in total. The first-order valence-electron chi connectivity index (χ1n) is 21.3. The van der Waals surface area contributed by atoms with Gasteiger partial charge in [-0.15, -0.1) is 49.6 Å². The lowest BCUT2D eigenvalue weighted by atomic mass is 9.51. The van der Waals surface area contributed by atoms with Crippen molar-refractivity contribution in [3.8, 4) is 22.3 Å². The highest BCUT2D eigenvalue weighted by molar-refractivity contribution is 6.43. The van der Waals surface area contributed by atoms with Crippen LogP contribution in [0.4, 0.5) is 0 Å². The van der Waals surface area contributed by atoms with Crippen molar-refractivity contribution in [2.24, 2.45) is 29.2 Å². The van der Waals surface area contributed by atoms with Gasteiger partial charge < -0.3 is 52.4 Å². The van der Waals surface area contributed by atoms with Crippen LogP contribution in [0.2, 0.25) is 12.1 Å². The summed E-state index contributed by atoms with van der Waals surface area (Å²) in [6.07, 6.45) is 2.63. The van der Waals surface area contributed by atoms with Crippen molar-refractivity contribution in [3.05, 3.63) is 120 Å². The fourth-order valence-electron chi connectivity index (χ4n) is 9.43. The lowest BCUT2D eigenvalue weighted by Crippen LogP contribution is -2.66. The summed E-state index contributed by atoms with van der Waals surface area (Å²) in [5, 5.41) is 68.8. The highest BCUT2D eigenvalue weighted by Crippen LogP contribution is 2.48.